The molecule has 4 aliphatic carbocycles. The summed E-state index contributed by atoms with van der Waals surface area (Å²) in [4.78, 5) is 22.6. The lowest BCUT2D eigenvalue weighted by molar-refractivity contribution is -0.117. The van der Waals surface area contributed by atoms with Gasteiger partial charge in [0, 0.05) is 13.0 Å². The van der Waals surface area contributed by atoms with Crippen molar-refractivity contribution in [1.82, 2.24) is 5.32 Å². The summed E-state index contributed by atoms with van der Waals surface area (Å²) in [5.74, 6) is 6.20. The van der Waals surface area contributed by atoms with Crippen LogP contribution in [0.2, 0.25) is 0 Å². The number of nitrogens with one attached hydrogen (secondary N) is 1. The van der Waals surface area contributed by atoms with E-state index in [-0.39, 0.29) is 12.2 Å². The van der Waals surface area contributed by atoms with E-state index < -0.39 is 0 Å². The minimum Gasteiger partial charge on any atom is -0.446 e. The van der Waals surface area contributed by atoms with Crippen molar-refractivity contribution in [1.29, 1.82) is 0 Å². The van der Waals surface area contributed by atoms with Gasteiger partial charge in [-0.05, 0) is 132 Å². The lowest BCUT2D eigenvalue weighted by Gasteiger charge is -2.52. The summed E-state index contributed by atoms with van der Waals surface area (Å²) >= 11 is 0. The van der Waals surface area contributed by atoms with E-state index in [1.165, 1.54) is 135 Å². The number of ether oxygens (including phenoxy) is 1. The zero-order chi connectivity index (χ0) is 36.8. The first kappa shape index (κ1) is 46.7. The smallest absolute Gasteiger partial charge is 0.407 e. The number of hydrogen-bond donors (Lipinski definition) is 1. The Morgan fingerprint density at radius 1 is 0.580 bits per heavy atom. The highest BCUT2D eigenvalue weighted by atomic mass is 16.6. The van der Waals surface area contributed by atoms with E-state index >= 15 is 0 Å². The molecule has 4 aliphatic rings. The number of carbonyl (C=O) groups is 2. The molecule has 7 unspecified atom stereocenters. The minimum absolute atomic E-state index is 0.158. The van der Waals surface area contributed by atoms with E-state index in [9.17, 15) is 9.59 Å². The normalized spacial score (nSPS) is 26.4. The lowest BCUT2D eigenvalue weighted by atomic mass is 9.53. The van der Waals surface area contributed by atoms with E-state index in [1.807, 2.05) is 27.7 Å². The first-order valence-corrected chi connectivity index (χ1v) is 22.6. The van der Waals surface area contributed by atoms with Crippen molar-refractivity contribution in [2.75, 3.05) is 6.54 Å². The van der Waals surface area contributed by atoms with Crippen molar-refractivity contribution in [3.05, 3.63) is 12.2 Å². The third-order valence-corrected chi connectivity index (χ3v) is 12.2. The number of fused-ring (bicyclic) bond motifs is 5. The zero-order valence-electron chi connectivity index (χ0n) is 34.7. The Morgan fingerprint density at radius 2 is 1.10 bits per heavy atom. The van der Waals surface area contributed by atoms with Crippen LogP contribution in [0.4, 0.5) is 4.79 Å². The highest BCUT2D eigenvalue weighted by molar-refractivity contribution is 5.75. The molecule has 0 heterocycles. The fourth-order valence-corrected chi connectivity index (χ4v) is 9.72. The Bertz CT molecular complexity index is 839. The predicted molar refractivity (Wildman–Crippen MR) is 218 cm³/mol. The van der Waals surface area contributed by atoms with Crippen LogP contribution in [0.1, 0.15) is 222 Å². The van der Waals surface area contributed by atoms with E-state index in [0.717, 1.165) is 80.6 Å². The van der Waals surface area contributed by atoms with Crippen LogP contribution in [0.5, 0.6) is 0 Å². The van der Waals surface area contributed by atoms with Crippen LogP contribution < -0.4 is 5.32 Å². The molecule has 1 N–H and O–H groups in total. The molecule has 0 aliphatic heterocycles. The largest absolute Gasteiger partial charge is 0.446 e. The van der Waals surface area contributed by atoms with Crippen LogP contribution in [0, 0.1) is 35.5 Å². The maximum absolute atomic E-state index is 12.4. The SMILES string of the molecule is CC.CC.CCCCC(C)=O.CCCCCCCC/C=C\CCCCCCCCNC(=O)OC1CCC2C(CCC3C4CCCC4CCC23)C1. The first-order valence-electron chi connectivity index (χ1n) is 22.6. The second-order valence-electron chi connectivity index (χ2n) is 15.8. The summed E-state index contributed by atoms with van der Waals surface area (Å²) in [6.07, 6.45) is 40.1. The number of alkyl carbamates (subject to hydrolysis) is 1. The van der Waals surface area contributed by atoms with Crippen molar-refractivity contribution < 1.29 is 14.3 Å². The van der Waals surface area contributed by atoms with Gasteiger partial charge in [-0.15, -0.1) is 0 Å². The number of ketones is 1. The first-order chi connectivity index (χ1) is 24.5. The van der Waals surface area contributed by atoms with Gasteiger partial charge in [0.25, 0.3) is 0 Å². The van der Waals surface area contributed by atoms with Crippen molar-refractivity contribution in [3.63, 3.8) is 0 Å². The van der Waals surface area contributed by atoms with Gasteiger partial charge in [0.1, 0.15) is 11.9 Å². The van der Waals surface area contributed by atoms with Gasteiger partial charge >= 0.3 is 6.09 Å². The van der Waals surface area contributed by atoms with Gasteiger partial charge in [0.15, 0.2) is 0 Å². The van der Waals surface area contributed by atoms with Gasteiger partial charge in [-0.2, -0.15) is 0 Å². The number of carbonyl (C=O) groups excluding carboxylic acids is 2. The van der Waals surface area contributed by atoms with Crippen molar-refractivity contribution in [2.24, 2.45) is 35.5 Å². The molecule has 0 spiro atoms. The standard InChI is InChI=1S/C36H63NO2.C6H12O.2C2H6/c1-2-3-4-5-6-7-8-9-10-11-12-13-14-15-16-17-27-37-36(38)39-31-23-26-33-30(28-31)22-25-34-32-20-18-19-29(32)21-24-35(33)34;1-3-4-5-6(2)7;2*1-2/h9-10,29-35H,2-8,11-28H2,1H3,(H,37,38);3-5H2,1-2H3;2*1-2H3/b10-9-;;;. The number of hydrogen-bond acceptors (Lipinski definition) is 3. The summed E-state index contributed by atoms with van der Waals surface area (Å²) in [5, 5.41) is 3.05. The Morgan fingerprint density at radius 3 is 1.68 bits per heavy atom. The molecule has 4 fully saturated rings. The molecular weight excluding hydrogens is 615 g/mol. The predicted octanol–water partition coefficient (Wildman–Crippen LogP) is 14.6. The summed E-state index contributed by atoms with van der Waals surface area (Å²) in [6.45, 7) is 14.8. The molecule has 0 aromatic heterocycles. The fraction of sp³-hybridized carbons (Fsp3) is 0.913. The number of unbranched alkanes of at least 4 members (excludes halogenated alkanes) is 13. The van der Waals surface area contributed by atoms with Crippen LogP contribution in [0.25, 0.3) is 0 Å². The molecule has 50 heavy (non-hydrogen) atoms. The molecule has 0 bridgehead atoms. The zero-order valence-corrected chi connectivity index (χ0v) is 34.7. The maximum Gasteiger partial charge on any atom is 0.407 e. The Kier molecular flexibility index (Phi) is 29.2. The Labute approximate surface area is 312 Å². The van der Waals surface area contributed by atoms with Crippen LogP contribution in [0.3, 0.4) is 0 Å². The monoisotopic (exact) mass is 702 g/mol. The average Bonchev–Trinajstić information content (AvgIpc) is 3.63. The lowest BCUT2D eigenvalue weighted by Crippen LogP contribution is -2.46. The molecule has 294 valence electrons. The maximum atomic E-state index is 12.4. The number of allylic oxidation sites excluding steroid dienone is 2. The molecule has 4 heteroatoms. The van der Waals surface area contributed by atoms with Gasteiger partial charge in [0.05, 0.1) is 0 Å². The van der Waals surface area contributed by atoms with Crippen molar-refractivity contribution in [2.45, 2.75) is 228 Å². The fourth-order valence-electron chi connectivity index (χ4n) is 9.72. The van der Waals surface area contributed by atoms with Crippen molar-refractivity contribution >= 4 is 11.9 Å². The topological polar surface area (TPSA) is 55.4 Å². The van der Waals surface area contributed by atoms with Crippen LogP contribution in [0.15, 0.2) is 12.2 Å². The van der Waals surface area contributed by atoms with E-state index in [2.05, 4.69) is 31.3 Å². The minimum atomic E-state index is -0.161. The summed E-state index contributed by atoms with van der Waals surface area (Å²) < 4.78 is 5.92. The van der Waals surface area contributed by atoms with Gasteiger partial charge in [-0.1, -0.05) is 131 Å². The summed E-state index contributed by atoms with van der Waals surface area (Å²) in [5.41, 5.74) is 0. The number of rotatable bonds is 20. The van der Waals surface area contributed by atoms with Gasteiger partial charge in [-0.3, -0.25) is 0 Å². The van der Waals surface area contributed by atoms with Crippen LogP contribution >= 0.6 is 0 Å². The Balaban J connectivity index is 0.000001000. The quantitative estimate of drug-likeness (QED) is 0.102. The molecule has 4 nitrogen and oxygen atoms in total. The van der Waals surface area contributed by atoms with Gasteiger partial charge in [0.2, 0.25) is 0 Å². The summed E-state index contributed by atoms with van der Waals surface area (Å²) in [6, 6.07) is 0. The number of amides is 1. The van der Waals surface area contributed by atoms with E-state index in [0.29, 0.717) is 5.78 Å². The molecular formula is C46H87NO3. The van der Waals surface area contributed by atoms with Gasteiger partial charge in [-0.25, -0.2) is 4.79 Å². The highest BCUT2D eigenvalue weighted by Gasteiger charge is 2.49. The molecule has 0 aromatic carbocycles. The molecule has 1 amide bonds. The van der Waals surface area contributed by atoms with Gasteiger partial charge < -0.3 is 14.8 Å². The molecule has 0 saturated heterocycles. The summed E-state index contributed by atoms with van der Waals surface area (Å²) in [7, 11) is 0. The third-order valence-electron chi connectivity index (χ3n) is 12.2. The van der Waals surface area contributed by atoms with Crippen LogP contribution in [-0.2, 0) is 9.53 Å². The molecule has 7 atom stereocenters. The van der Waals surface area contributed by atoms with E-state index in [4.69, 9.17) is 4.74 Å². The Hall–Kier alpha value is -1.32. The molecule has 4 rings (SSSR count). The third kappa shape index (κ3) is 19.5. The highest BCUT2D eigenvalue weighted by Crippen LogP contribution is 2.58. The van der Waals surface area contributed by atoms with Crippen molar-refractivity contribution in [3.8, 4) is 0 Å². The number of Topliss-reactive ketones (excluding diaryl/α,β-unsaturated/α-hetero) is 1. The second kappa shape index (κ2) is 31.2. The van der Waals surface area contributed by atoms with E-state index in [1.54, 1.807) is 6.92 Å². The average molecular weight is 702 g/mol. The molecule has 0 radical (unpaired) electrons. The second-order valence-corrected chi connectivity index (χ2v) is 15.8. The molecule has 4 saturated carbocycles. The molecule has 0 aromatic rings. The van der Waals surface area contributed by atoms with Crippen LogP contribution in [-0.4, -0.2) is 24.5 Å².